The van der Waals surface area contributed by atoms with Crippen LogP contribution in [0.1, 0.15) is 52.9 Å². The summed E-state index contributed by atoms with van der Waals surface area (Å²) < 4.78 is 0. The molecule has 0 aliphatic heterocycles. The van der Waals surface area contributed by atoms with E-state index in [0.29, 0.717) is 17.4 Å². The first kappa shape index (κ1) is 13.3. The Kier molecular flexibility index (Phi) is 5.06. The highest BCUT2D eigenvalue weighted by atomic mass is 15.3. The van der Waals surface area contributed by atoms with Gasteiger partial charge in [-0.2, -0.15) is 0 Å². The summed E-state index contributed by atoms with van der Waals surface area (Å²) in [7, 11) is 0. The van der Waals surface area contributed by atoms with Gasteiger partial charge < -0.3 is 5.32 Å². The van der Waals surface area contributed by atoms with Gasteiger partial charge >= 0.3 is 0 Å². The van der Waals surface area contributed by atoms with Crippen molar-refractivity contribution in [1.82, 2.24) is 10.7 Å². The maximum absolute atomic E-state index is 5.44. The molecule has 1 aliphatic carbocycles. The molecule has 4 N–H and O–H groups in total. The van der Waals surface area contributed by atoms with Crippen LogP contribution in [0, 0.1) is 5.41 Å². The van der Waals surface area contributed by atoms with Crippen molar-refractivity contribution in [3.05, 3.63) is 0 Å². The minimum absolute atomic E-state index is 0.356. The van der Waals surface area contributed by atoms with E-state index in [4.69, 9.17) is 5.84 Å². The van der Waals surface area contributed by atoms with Crippen LogP contribution in [0.15, 0.2) is 4.99 Å². The van der Waals surface area contributed by atoms with Crippen molar-refractivity contribution in [1.29, 1.82) is 0 Å². The van der Waals surface area contributed by atoms with Crippen LogP contribution in [0.3, 0.4) is 0 Å². The quantitative estimate of drug-likeness (QED) is 0.297. The largest absolute Gasteiger partial charge is 0.353 e. The molecular weight excluding hydrogens is 200 g/mol. The number of hydrogen-bond donors (Lipinski definition) is 3. The molecule has 0 aromatic heterocycles. The molecule has 0 amide bonds. The summed E-state index contributed by atoms with van der Waals surface area (Å²) in [6.07, 6.45) is 6.64. The molecule has 4 heteroatoms. The van der Waals surface area contributed by atoms with E-state index in [0.717, 1.165) is 6.54 Å². The summed E-state index contributed by atoms with van der Waals surface area (Å²) in [4.78, 5) is 4.55. The summed E-state index contributed by atoms with van der Waals surface area (Å²) in [6, 6.07) is 0.356. The van der Waals surface area contributed by atoms with E-state index >= 15 is 0 Å². The monoisotopic (exact) mass is 226 g/mol. The average Bonchev–Trinajstić information content (AvgIpc) is 2.25. The van der Waals surface area contributed by atoms with Crippen molar-refractivity contribution in [2.45, 2.75) is 58.9 Å². The van der Waals surface area contributed by atoms with E-state index < -0.39 is 0 Å². The van der Waals surface area contributed by atoms with Crippen LogP contribution in [-0.2, 0) is 0 Å². The lowest BCUT2D eigenvalue weighted by Gasteiger charge is -2.32. The predicted octanol–water partition coefficient (Wildman–Crippen LogP) is 1.77. The Hall–Kier alpha value is -0.770. The Labute approximate surface area is 99.1 Å². The fourth-order valence-electron chi connectivity index (χ4n) is 2.24. The van der Waals surface area contributed by atoms with Gasteiger partial charge in [-0.15, -0.1) is 0 Å². The van der Waals surface area contributed by atoms with Crippen molar-refractivity contribution in [3.63, 3.8) is 0 Å². The molecule has 1 aliphatic rings. The zero-order valence-corrected chi connectivity index (χ0v) is 10.8. The van der Waals surface area contributed by atoms with E-state index in [1.165, 1.54) is 32.1 Å². The number of nitrogens with two attached hydrogens (primary N) is 1. The molecule has 1 rings (SSSR count). The SMILES string of the molecule is CC(C)NC(=NCC1(C)CCCCC1)NN. The molecule has 4 nitrogen and oxygen atoms in total. The second kappa shape index (κ2) is 6.09. The summed E-state index contributed by atoms with van der Waals surface area (Å²) in [5, 5.41) is 3.20. The normalized spacial score (nSPS) is 20.9. The maximum Gasteiger partial charge on any atom is 0.205 e. The lowest BCUT2D eigenvalue weighted by atomic mass is 9.76. The number of hydrazine groups is 1. The second-order valence-electron chi connectivity index (χ2n) is 5.48. The van der Waals surface area contributed by atoms with Crippen molar-refractivity contribution in [3.8, 4) is 0 Å². The Balaban J connectivity index is 2.47. The maximum atomic E-state index is 5.44. The third-order valence-corrected chi connectivity index (χ3v) is 3.24. The average molecular weight is 226 g/mol. The first-order valence-electron chi connectivity index (χ1n) is 6.33. The molecule has 0 spiro atoms. The van der Waals surface area contributed by atoms with E-state index in [1.807, 2.05) is 0 Å². The molecule has 16 heavy (non-hydrogen) atoms. The summed E-state index contributed by atoms with van der Waals surface area (Å²) in [6.45, 7) is 7.36. The van der Waals surface area contributed by atoms with Gasteiger partial charge in [0.25, 0.3) is 0 Å². The highest BCUT2D eigenvalue weighted by Gasteiger charge is 2.26. The topological polar surface area (TPSA) is 62.4 Å². The van der Waals surface area contributed by atoms with Gasteiger partial charge in [-0.25, -0.2) is 5.84 Å². The van der Waals surface area contributed by atoms with E-state index in [2.05, 4.69) is 36.5 Å². The summed E-state index contributed by atoms with van der Waals surface area (Å²) >= 11 is 0. The summed E-state index contributed by atoms with van der Waals surface area (Å²) in [5.74, 6) is 6.15. The van der Waals surface area contributed by atoms with Crippen LogP contribution in [0.25, 0.3) is 0 Å². The lowest BCUT2D eigenvalue weighted by Crippen LogP contribution is -2.45. The zero-order chi connectivity index (χ0) is 12.0. The number of nitrogens with zero attached hydrogens (tertiary/aromatic N) is 1. The first-order valence-corrected chi connectivity index (χ1v) is 6.33. The number of rotatable bonds is 3. The second-order valence-corrected chi connectivity index (χ2v) is 5.48. The van der Waals surface area contributed by atoms with Gasteiger partial charge in [0, 0.05) is 12.6 Å². The first-order chi connectivity index (χ1) is 7.56. The van der Waals surface area contributed by atoms with Crippen LogP contribution in [0.2, 0.25) is 0 Å². The molecule has 1 saturated carbocycles. The Morgan fingerprint density at radius 3 is 2.44 bits per heavy atom. The molecule has 0 aromatic carbocycles. The smallest absolute Gasteiger partial charge is 0.205 e. The molecule has 0 atom stereocenters. The van der Waals surface area contributed by atoms with Crippen LogP contribution < -0.4 is 16.6 Å². The number of hydrogen-bond acceptors (Lipinski definition) is 2. The molecule has 94 valence electrons. The Morgan fingerprint density at radius 1 is 1.31 bits per heavy atom. The van der Waals surface area contributed by atoms with Gasteiger partial charge in [0.05, 0.1) is 0 Å². The van der Waals surface area contributed by atoms with Crippen molar-refractivity contribution < 1.29 is 0 Å². The molecule has 0 saturated heterocycles. The highest BCUT2D eigenvalue weighted by Crippen LogP contribution is 2.35. The number of guanidine groups is 1. The molecule has 0 radical (unpaired) electrons. The number of aliphatic imine (C=N–C) groups is 1. The minimum Gasteiger partial charge on any atom is -0.353 e. The third-order valence-electron chi connectivity index (χ3n) is 3.24. The van der Waals surface area contributed by atoms with Crippen LogP contribution in [-0.4, -0.2) is 18.5 Å². The molecule has 0 unspecified atom stereocenters. The van der Waals surface area contributed by atoms with Crippen LogP contribution >= 0.6 is 0 Å². The molecular formula is C12H26N4. The Morgan fingerprint density at radius 2 is 1.94 bits per heavy atom. The minimum atomic E-state index is 0.356. The van der Waals surface area contributed by atoms with Crippen molar-refractivity contribution >= 4 is 5.96 Å². The van der Waals surface area contributed by atoms with E-state index in [9.17, 15) is 0 Å². The van der Waals surface area contributed by atoms with E-state index in [-0.39, 0.29) is 0 Å². The van der Waals surface area contributed by atoms with Crippen molar-refractivity contribution in [2.75, 3.05) is 6.54 Å². The summed E-state index contributed by atoms with van der Waals surface area (Å²) in [5.41, 5.74) is 3.00. The van der Waals surface area contributed by atoms with E-state index in [1.54, 1.807) is 0 Å². The van der Waals surface area contributed by atoms with Gasteiger partial charge in [0.15, 0.2) is 0 Å². The zero-order valence-electron chi connectivity index (χ0n) is 10.8. The predicted molar refractivity (Wildman–Crippen MR) is 69.1 cm³/mol. The lowest BCUT2D eigenvalue weighted by molar-refractivity contribution is 0.226. The van der Waals surface area contributed by atoms with Gasteiger partial charge in [-0.1, -0.05) is 26.2 Å². The van der Waals surface area contributed by atoms with Gasteiger partial charge in [-0.05, 0) is 32.1 Å². The van der Waals surface area contributed by atoms with Crippen molar-refractivity contribution in [2.24, 2.45) is 16.3 Å². The van der Waals surface area contributed by atoms with Gasteiger partial charge in [0.2, 0.25) is 5.96 Å². The molecule has 0 bridgehead atoms. The Bertz CT molecular complexity index is 229. The highest BCUT2D eigenvalue weighted by molar-refractivity contribution is 5.79. The standard InChI is InChI=1S/C12H26N4/c1-10(2)15-11(16-13)14-9-12(3)7-5-4-6-8-12/h10H,4-9,13H2,1-3H3,(H2,14,15,16). The van der Waals surface area contributed by atoms with Crippen LogP contribution in [0.4, 0.5) is 0 Å². The third kappa shape index (κ3) is 4.39. The van der Waals surface area contributed by atoms with Gasteiger partial charge in [-0.3, -0.25) is 10.4 Å². The van der Waals surface area contributed by atoms with Crippen LogP contribution in [0.5, 0.6) is 0 Å². The molecule has 1 fully saturated rings. The van der Waals surface area contributed by atoms with Gasteiger partial charge in [0.1, 0.15) is 0 Å². The molecule has 0 aromatic rings. The fourth-order valence-corrected chi connectivity index (χ4v) is 2.24. The molecule has 0 heterocycles. The fraction of sp³-hybridized carbons (Fsp3) is 0.917. The number of nitrogens with one attached hydrogen (secondary N) is 2.